The molecule has 23 heavy (non-hydrogen) atoms. The maximum absolute atomic E-state index is 6.03. The average Bonchev–Trinajstić information content (AvgIpc) is 2.32. The molecule has 7 heteroatoms. The van der Waals surface area contributed by atoms with E-state index in [1.54, 1.807) is 11.2 Å². The van der Waals surface area contributed by atoms with E-state index in [0.717, 1.165) is 0 Å². The van der Waals surface area contributed by atoms with Crippen molar-refractivity contribution in [1.82, 2.24) is 14.9 Å². The zero-order valence-electron chi connectivity index (χ0n) is 16.1. The summed E-state index contributed by atoms with van der Waals surface area (Å²) in [6.07, 6.45) is 1.76. The Morgan fingerprint density at radius 2 is 1.57 bits per heavy atom. The van der Waals surface area contributed by atoms with Crippen molar-refractivity contribution >= 4 is 0 Å². The molecule has 0 aliphatic rings. The Bertz CT molecular complexity index is 440. The van der Waals surface area contributed by atoms with Crippen molar-refractivity contribution in [3.63, 3.8) is 0 Å². The fourth-order valence-electron chi connectivity index (χ4n) is 1.39. The first kappa shape index (κ1) is 21.4. The minimum absolute atomic E-state index is 0.0691. The van der Waals surface area contributed by atoms with Crippen LogP contribution in [-0.2, 0) is 0 Å². The second-order valence-electron chi connectivity index (χ2n) is 7.90. The van der Waals surface area contributed by atoms with Crippen LogP contribution in [0.2, 0.25) is 0 Å². The van der Waals surface area contributed by atoms with E-state index >= 15 is 0 Å². The van der Waals surface area contributed by atoms with Crippen molar-refractivity contribution in [2.75, 3.05) is 27.2 Å². The highest BCUT2D eigenvalue weighted by molar-refractivity contribution is 5.02. The van der Waals surface area contributed by atoms with Crippen LogP contribution in [0.5, 0.6) is 0 Å². The summed E-state index contributed by atoms with van der Waals surface area (Å²) in [6.45, 7) is 17.4. The van der Waals surface area contributed by atoms with Gasteiger partial charge in [0.25, 0.3) is 0 Å². The number of hydrazine groups is 1. The molecule has 0 rings (SSSR count). The maximum Gasteiger partial charge on any atom is 0.0716 e. The van der Waals surface area contributed by atoms with Crippen LogP contribution in [0.3, 0.4) is 0 Å². The van der Waals surface area contributed by atoms with Gasteiger partial charge in [0.2, 0.25) is 0 Å². The smallest absolute Gasteiger partial charge is 0.0716 e. The molecule has 0 bridgehead atoms. The molecule has 0 aromatic carbocycles. The lowest BCUT2D eigenvalue weighted by Gasteiger charge is -2.30. The molecule has 0 fully saturated rings. The van der Waals surface area contributed by atoms with Gasteiger partial charge in [-0.15, -0.1) is 5.11 Å². The molecule has 0 heterocycles. The summed E-state index contributed by atoms with van der Waals surface area (Å²) in [5, 5.41) is 11.7. The van der Waals surface area contributed by atoms with E-state index in [0.29, 0.717) is 24.5 Å². The van der Waals surface area contributed by atoms with Gasteiger partial charge in [0.1, 0.15) is 0 Å². The normalized spacial score (nSPS) is 13.7. The van der Waals surface area contributed by atoms with Crippen LogP contribution in [-0.4, -0.2) is 53.2 Å². The predicted molar refractivity (Wildman–Crippen MR) is 97.1 cm³/mol. The van der Waals surface area contributed by atoms with Gasteiger partial charge in [-0.1, -0.05) is 11.8 Å². The largest absolute Gasteiger partial charge is 0.400 e. The van der Waals surface area contributed by atoms with Crippen molar-refractivity contribution in [2.24, 2.45) is 21.9 Å². The zero-order chi connectivity index (χ0) is 18.4. The zero-order valence-corrected chi connectivity index (χ0v) is 16.1. The van der Waals surface area contributed by atoms with Crippen molar-refractivity contribution in [2.45, 2.75) is 52.6 Å². The van der Waals surface area contributed by atoms with Crippen molar-refractivity contribution in [3.05, 3.63) is 24.2 Å². The summed E-state index contributed by atoms with van der Waals surface area (Å²) < 4.78 is 0. The fourth-order valence-corrected chi connectivity index (χ4v) is 1.39. The van der Waals surface area contributed by atoms with Gasteiger partial charge in [-0.05, 0) is 48.6 Å². The van der Waals surface area contributed by atoms with Crippen LogP contribution >= 0.6 is 0 Å². The lowest BCUT2D eigenvalue weighted by molar-refractivity contribution is 0.169. The lowest BCUT2D eigenvalue weighted by Crippen LogP contribution is -2.43. The molecule has 134 valence electrons. The molecule has 0 unspecified atom stereocenters. The van der Waals surface area contributed by atoms with E-state index in [2.05, 4.69) is 37.7 Å². The standard InChI is InChI=1S/C16H35N7/c1-13(19-20-22(9)15(2,3)4)10-21(8)11-14(17)12-23(18)16(5,6)7/h12H,1,10-11,17-18H2,2-9H3/b14-12-,20-19?. The van der Waals surface area contributed by atoms with E-state index < -0.39 is 0 Å². The second kappa shape index (κ2) is 8.31. The number of hydrogen-bond acceptors (Lipinski definition) is 6. The van der Waals surface area contributed by atoms with Crippen LogP contribution in [0.1, 0.15) is 41.5 Å². The summed E-state index contributed by atoms with van der Waals surface area (Å²) in [5.41, 5.74) is 7.16. The number of nitrogens with two attached hydrogens (primary N) is 2. The van der Waals surface area contributed by atoms with Crippen molar-refractivity contribution in [1.29, 1.82) is 0 Å². The summed E-state index contributed by atoms with van der Waals surface area (Å²) in [7, 11) is 3.84. The third-order valence-electron chi connectivity index (χ3n) is 3.28. The van der Waals surface area contributed by atoms with Gasteiger partial charge in [0.15, 0.2) is 0 Å². The van der Waals surface area contributed by atoms with E-state index in [1.807, 2.05) is 44.8 Å². The highest BCUT2D eigenvalue weighted by Gasteiger charge is 2.16. The Hall–Kier alpha value is -1.60. The summed E-state index contributed by atoms with van der Waals surface area (Å²) in [4.78, 5) is 2.01. The van der Waals surface area contributed by atoms with E-state index in [1.165, 1.54) is 0 Å². The van der Waals surface area contributed by atoms with Crippen molar-refractivity contribution in [3.8, 4) is 0 Å². The molecule has 0 spiro atoms. The van der Waals surface area contributed by atoms with Crippen molar-refractivity contribution < 1.29 is 0 Å². The molecule has 7 nitrogen and oxygen atoms in total. The molecule has 0 atom stereocenters. The first-order valence-electron chi connectivity index (χ1n) is 7.75. The van der Waals surface area contributed by atoms with E-state index in [-0.39, 0.29) is 11.1 Å². The summed E-state index contributed by atoms with van der Waals surface area (Å²) in [5.74, 6) is 5.95. The topological polar surface area (TPSA) is 86.5 Å². The Labute approximate surface area is 141 Å². The third kappa shape index (κ3) is 9.20. The highest BCUT2D eigenvalue weighted by Crippen LogP contribution is 2.12. The van der Waals surface area contributed by atoms with Gasteiger partial charge in [-0.25, -0.2) is 5.84 Å². The molecule has 0 radical (unpaired) electrons. The number of rotatable bonds is 7. The molecule has 0 aromatic heterocycles. The molecule has 0 saturated heterocycles. The van der Waals surface area contributed by atoms with Crippen LogP contribution in [0.25, 0.3) is 0 Å². The lowest BCUT2D eigenvalue weighted by atomic mass is 10.1. The molecular weight excluding hydrogens is 290 g/mol. The average molecular weight is 326 g/mol. The second-order valence-corrected chi connectivity index (χ2v) is 7.90. The van der Waals surface area contributed by atoms with Gasteiger partial charge < -0.3 is 10.7 Å². The summed E-state index contributed by atoms with van der Waals surface area (Å²) in [6, 6.07) is 0. The highest BCUT2D eigenvalue weighted by atomic mass is 15.6. The maximum atomic E-state index is 6.03. The van der Waals surface area contributed by atoms with Gasteiger partial charge in [-0.3, -0.25) is 9.91 Å². The molecule has 0 aliphatic carbocycles. The number of nitrogens with zero attached hydrogens (tertiary/aromatic N) is 5. The quantitative estimate of drug-likeness (QED) is 0.426. The first-order valence-corrected chi connectivity index (χ1v) is 7.75. The monoisotopic (exact) mass is 325 g/mol. The van der Waals surface area contributed by atoms with Crippen LogP contribution in [0.15, 0.2) is 34.5 Å². The van der Waals surface area contributed by atoms with E-state index in [9.17, 15) is 0 Å². The SMILES string of the molecule is C=C(CN(C)C/C(N)=C/N(N)C(C)(C)C)N=NN(C)C(C)(C)C. The van der Waals surface area contributed by atoms with Gasteiger partial charge in [0.05, 0.1) is 11.2 Å². The van der Waals surface area contributed by atoms with Crippen LogP contribution in [0.4, 0.5) is 0 Å². The molecule has 0 aromatic rings. The Balaban J connectivity index is 4.50. The van der Waals surface area contributed by atoms with Crippen LogP contribution < -0.4 is 11.6 Å². The van der Waals surface area contributed by atoms with E-state index in [4.69, 9.17) is 11.6 Å². The van der Waals surface area contributed by atoms with Gasteiger partial charge in [-0.2, -0.15) is 0 Å². The Morgan fingerprint density at radius 3 is 2.00 bits per heavy atom. The molecule has 0 aliphatic heterocycles. The molecule has 4 N–H and O–H groups in total. The van der Waals surface area contributed by atoms with Gasteiger partial charge in [0, 0.05) is 37.6 Å². The minimum atomic E-state index is -0.168. The minimum Gasteiger partial charge on any atom is -0.400 e. The fraction of sp³-hybridized carbons (Fsp3) is 0.750. The number of likely N-dealkylation sites (N-methyl/N-ethyl adjacent to an activating group) is 1. The first-order chi connectivity index (χ1) is 10.2. The Kier molecular flexibility index (Phi) is 7.73. The Morgan fingerprint density at radius 1 is 1.04 bits per heavy atom. The molecule has 0 amide bonds. The van der Waals surface area contributed by atoms with Crippen LogP contribution in [0, 0.1) is 0 Å². The predicted octanol–water partition coefficient (Wildman–Crippen LogP) is 2.30. The molecule has 0 saturated carbocycles. The number of hydrogen-bond donors (Lipinski definition) is 2. The molecular formula is C16H35N7. The summed E-state index contributed by atoms with van der Waals surface area (Å²) >= 11 is 0. The third-order valence-corrected chi connectivity index (χ3v) is 3.28. The van der Waals surface area contributed by atoms with Gasteiger partial charge >= 0.3 is 0 Å².